The lowest BCUT2D eigenvalue weighted by Gasteiger charge is -2.37. The number of hydrogen-bond donors (Lipinski definition) is 0. The highest BCUT2D eigenvalue weighted by molar-refractivity contribution is 5.91. The van der Waals surface area contributed by atoms with Crippen molar-refractivity contribution in [1.82, 2.24) is 9.80 Å². The first-order valence-corrected chi connectivity index (χ1v) is 9.51. The molecular weight excluding hydrogens is 336 g/mol. The molecule has 2 aromatic carbocycles. The molecule has 1 aliphatic heterocycles. The van der Waals surface area contributed by atoms with Crippen molar-refractivity contribution in [3.63, 3.8) is 0 Å². The Labute approximate surface area is 162 Å². The van der Waals surface area contributed by atoms with Crippen molar-refractivity contribution >= 4 is 12.0 Å². The summed E-state index contributed by atoms with van der Waals surface area (Å²) in [5.41, 5.74) is 2.31. The number of piperidine rings is 1. The molecule has 0 aliphatic carbocycles. The van der Waals surface area contributed by atoms with E-state index in [0.29, 0.717) is 6.04 Å². The second-order valence-electron chi connectivity index (χ2n) is 7.09. The number of ether oxygens (including phenoxy) is 1. The van der Waals surface area contributed by atoms with E-state index in [4.69, 9.17) is 4.74 Å². The van der Waals surface area contributed by atoms with E-state index in [1.54, 1.807) is 13.2 Å². The fourth-order valence-electron chi connectivity index (χ4n) is 3.50. The molecule has 4 nitrogen and oxygen atoms in total. The van der Waals surface area contributed by atoms with Gasteiger partial charge in [-0.25, -0.2) is 0 Å². The largest absolute Gasteiger partial charge is 0.497 e. The molecular formula is C23H28N2O2. The Morgan fingerprint density at radius 3 is 2.63 bits per heavy atom. The number of likely N-dealkylation sites (N-methyl/N-ethyl adjacent to an activating group) is 1. The molecule has 0 spiro atoms. The van der Waals surface area contributed by atoms with Crippen LogP contribution in [0.3, 0.4) is 0 Å². The highest BCUT2D eigenvalue weighted by atomic mass is 16.5. The molecule has 1 fully saturated rings. The van der Waals surface area contributed by atoms with Gasteiger partial charge in [-0.2, -0.15) is 0 Å². The number of likely N-dealkylation sites (tertiary alicyclic amines) is 1. The molecule has 3 rings (SSSR count). The maximum atomic E-state index is 12.6. The summed E-state index contributed by atoms with van der Waals surface area (Å²) in [7, 11) is 3.80. The number of amides is 1. The van der Waals surface area contributed by atoms with Gasteiger partial charge in [-0.1, -0.05) is 42.5 Å². The zero-order chi connectivity index (χ0) is 19.1. The molecule has 0 radical (unpaired) electrons. The SMILES string of the molecule is COc1ccc(/C=C/C(=O)N2CCCC(N(C)Cc3ccccc3)C2)cc1. The Balaban J connectivity index is 1.56. The molecule has 1 heterocycles. The molecule has 2 aromatic rings. The molecule has 27 heavy (non-hydrogen) atoms. The number of methoxy groups -OCH3 is 1. The Bertz CT molecular complexity index is 756. The summed E-state index contributed by atoms with van der Waals surface area (Å²) in [5.74, 6) is 0.905. The highest BCUT2D eigenvalue weighted by Crippen LogP contribution is 2.18. The van der Waals surface area contributed by atoms with Gasteiger partial charge in [-0.05, 0) is 49.2 Å². The van der Waals surface area contributed by atoms with E-state index in [0.717, 1.165) is 43.8 Å². The fourth-order valence-corrected chi connectivity index (χ4v) is 3.50. The average Bonchev–Trinajstić information content (AvgIpc) is 2.73. The van der Waals surface area contributed by atoms with Crippen molar-refractivity contribution in [3.05, 3.63) is 71.8 Å². The van der Waals surface area contributed by atoms with Crippen LogP contribution >= 0.6 is 0 Å². The second-order valence-corrected chi connectivity index (χ2v) is 7.09. The predicted molar refractivity (Wildman–Crippen MR) is 110 cm³/mol. The van der Waals surface area contributed by atoms with E-state index < -0.39 is 0 Å². The van der Waals surface area contributed by atoms with E-state index in [1.807, 2.05) is 41.3 Å². The fraction of sp³-hybridized carbons (Fsp3) is 0.348. The monoisotopic (exact) mass is 364 g/mol. The normalized spacial score (nSPS) is 17.4. The summed E-state index contributed by atoms with van der Waals surface area (Å²) in [6.07, 6.45) is 5.74. The van der Waals surface area contributed by atoms with Gasteiger partial charge in [-0.15, -0.1) is 0 Å². The molecule has 1 amide bonds. The first-order chi connectivity index (χ1) is 13.2. The lowest BCUT2D eigenvalue weighted by atomic mass is 10.0. The maximum absolute atomic E-state index is 12.6. The summed E-state index contributed by atoms with van der Waals surface area (Å²) >= 11 is 0. The van der Waals surface area contributed by atoms with Gasteiger partial charge < -0.3 is 9.64 Å². The number of hydrogen-bond acceptors (Lipinski definition) is 3. The Morgan fingerprint density at radius 1 is 1.19 bits per heavy atom. The van der Waals surface area contributed by atoms with Crippen LogP contribution in [0.25, 0.3) is 6.08 Å². The Kier molecular flexibility index (Phi) is 6.66. The molecule has 0 aromatic heterocycles. The van der Waals surface area contributed by atoms with Crippen LogP contribution in [-0.2, 0) is 11.3 Å². The van der Waals surface area contributed by atoms with Crippen molar-refractivity contribution in [2.45, 2.75) is 25.4 Å². The minimum Gasteiger partial charge on any atom is -0.497 e. The maximum Gasteiger partial charge on any atom is 0.246 e. The van der Waals surface area contributed by atoms with Crippen LogP contribution < -0.4 is 4.74 Å². The van der Waals surface area contributed by atoms with Crippen LogP contribution in [0.2, 0.25) is 0 Å². The summed E-state index contributed by atoms with van der Waals surface area (Å²) in [5, 5.41) is 0. The molecule has 1 atom stereocenters. The van der Waals surface area contributed by atoms with E-state index in [9.17, 15) is 4.79 Å². The summed E-state index contributed by atoms with van der Waals surface area (Å²) in [4.78, 5) is 16.9. The molecule has 0 saturated carbocycles. The third kappa shape index (κ3) is 5.44. The zero-order valence-electron chi connectivity index (χ0n) is 16.2. The van der Waals surface area contributed by atoms with Gasteiger partial charge >= 0.3 is 0 Å². The molecule has 1 aliphatic rings. The minimum absolute atomic E-state index is 0.0867. The van der Waals surface area contributed by atoms with Gasteiger partial charge in [0.25, 0.3) is 0 Å². The van der Waals surface area contributed by atoms with Gasteiger partial charge in [-0.3, -0.25) is 9.69 Å². The number of nitrogens with zero attached hydrogens (tertiary/aromatic N) is 2. The third-order valence-electron chi connectivity index (χ3n) is 5.14. The van der Waals surface area contributed by atoms with E-state index >= 15 is 0 Å². The first-order valence-electron chi connectivity index (χ1n) is 9.51. The van der Waals surface area contributed by atoms with Gasteiger partial charge in [0.2, 0.25) is 5.91 Å². The lowest BCUT2D eigenvalue weighted by molar-refractivity contribution is -0.128. The molecule has 4 heteroatoms. The van der Waals surface area contributed by atoms with Crippen LogP contribution in [0.5, 0.6) is 5.75 Å². The van der Waals surface area contributed by atoms with Crippen molar-refractivity contribution in [2.75, 3.05) is 27.2 Å². The Hall–Kier alpha value is -2.59. The van der Waals surface area contributed by atoms with Crippen LogP contribution in [0.15, 0.2) is 60.7 Å². The number of rotatable bonds is 6. The van der Waals surface area contributed by atoms with Crippen LogP contribution in [0.1, 0.15) is 24.0 Å². The number of benzene rings is 2. The highest BCUT2D eigenvalue weighted by Gasteiger charge is 2.25. The van der Waals surface area contributed by atoms with Crippen LogP contribution in [0, 0.1) is 0 Å². The van der Waals surface area contributed by atoms with Crippen LogP contribution in [0.4, 0.5) is 0 Å². The summed E-state index contributed by atoms with van der Waals surface area (Å²) < 4.78 is 5.16. The van der Waals surface area contributed by atoms with Gasteiger partial charge in [0, 0.05) is 31.8 Å². The predicted octanol–water partition coefficient (Wildman–Crippen LogP) is 3.83. The summed E-state index contributed by atoms with van der Waals surface area (Å²) in [6, 6.07) is 18.6. The van der Waals surface area contributed by atoms with Crippen molar-refractivity contribution in [2.24, 2.45) is 0 Å². The minimum atomic E-state index is 0.0867. The molecule has 1 saturated heterocycles. The smallest absolute Gasteiger partial charge is 0.246 e. The van der Waals surface area contributed by atoms with E-state index in [1.165, 1.54) is 5.56 Å². The van der Waals surface area contributed by atoms with Crippen molar-refractivity contribution < 1.29 is 9.53 Å². The van der Waals surface area contributed by atoms with Crippen LogP contribution in [-0.4, -0.2) is 49.0 Å². The second kappa shape index (κ2) is 9.38. The molecule has 142 valence electrons. The molecule has 1 unspecified atom stereocenters. The lowest BCUT2D eigenvalue weighted by Crippen LogP contribution is -2.47. The zero-order valence-corrected chi connectivity index (χ0v) is 16.2. The standard InChI is InChI=1S/C23H28N2O2/c1-24(17-20-7-4-3-5-8-20)21-9-6-16-25(18-21)23(26)15-12-19-10-13-22(27-2)14-11-19/h3-5,7-8,10-15,21H,6,9,16-18H2,1-2H3/b15-12+. The average molecular weight is 364 g/mol. The van der Waals surface area contributed by atoms with Gasteiger partial charge in [0.1, 0.15) is 5.75 Å². The summed E-state index contributed by atoms with van der Waals surface area (Å²) in [6.45, 7) is 2.53. The van der Waals surface area contributed by atoms with Gasteiger partial charge in [0.05, 0.1) is 7.11 Å². The number of carbonyl (C=O) groups excluding carboxylic acids is 1. The van der Waals surface area contributed by atoms with Crippen molar-refractivity contribution in [3.8, 4) is 5.75 Å². The topological polar surface area (TPSA) is 32.8 Å². The quantitative estimate of drug-likeness (QED) is 0.730. The molecule has 0 bridgehead atoms. The Morgan fingerprint density at radius 2 is 1.93 bits per heavy atom. The van der Waals surface area contributed by atoms with Gasteiger partial charge in [0.15, 0.2) is 0 Å². The molecule has 0 N–H and O–H groups in total. The number of carbonyl (C=O) groups is 1. The van der Waals surface area contributed by atoms with Crippen molar-refractivity contribution in [1.29, 1.82) is 0 Å². The third-order valence-corrected chi connectivity index (χ3v) is 5.14. The first kappa shape index (κ1) is 19.2. The van der Waals surface area contributed by atoms with E-state index in [-0.39, 0.29) is 5.91 Å². The van der Waals surface area contributed by atoms with E-state index in [2.05, 4.69) is 36.2 Å².